The molecule has 0 spiro atoms. The first-order chi connectivity index (χ1) is 8.95. The van der Waals surface area contributed by atoms with Gasteiger partial charge in [0.05, 0.1) is 5.54 Å². The average molecular weight is 265 g/mol. The average Bonchev–Trinajstić information content (AvgIpc) is 2.84. The number of nitrogens with two attached hydrogens (primary N) is 1. The van der Waals surface area contributed by atoms with E-state index < -0.39 is 5.54 Å². The summed E-state index contributed by atoms with van der Waals surface area (Å²) in [4.78, 5) is 14.3. The molecule has 0 aliphatic carbocycles. The Labute approximate surface area is 114 Å². The number of piperidine rings is 1. The van der Waals surface area contributed by atoms with Crippen molar-refractivity contribution in [2.45, 2.75) is 44.6 Å². The van der Waals surface area contributed by atoms with Crippen molar-refractivity contribution in [3.8, 4) is 0 Å². The summed E-state index contributed by atoms with van der Waals surface area (Å²) in [6, 6.07) is 0. The zero-order chi connectivity index (χ0) is 14.0. The molecule has 0 bridgehead atoms. The van der Waals surface area contributed by atoms with Crippen molar-refractivity contribution in [1.82, 2.24) is 19.7 Å². The molecule has 1 fully saturated rings. The highest BCUT2D eigenvalue weighted by Crippen LogP contribution is 2.26. The molecule has 6 nitrogen and oxygen atoms in total. The standard InChI is InChI=1S/C13H23N5O/c1-4-13(2,14)12(19)18-7-5-6-10(8-18)11-16-15-9-17(11)3/h9-10H,4-8,14H2,1-3H3. The van der Waals surface area contributed by atoms with Gasteiger partial charge >= 0.3 is 0 Å². The number of aryl methyl sites for hydroxylation is 1. The molecule has 2 unspecified atom stereocenters. The second kappa shape index (κ2) is 5.28. The fraction of sp³-hybridized carbons (Fsp3) is 0.769. The van der Waals surface area contributed by atoms with E-state index in [4.69, 9.17) is 5.73 Å². The largest absolute Gasteiger partial charge is 0.340 e. The number of hydrogen-bond donors (Lipinski definition) is 1. The molecule has 1 amide bonds. The number of carbonyl (C=O) groups excluding carboxylic acids is 1. The Hall–Kier alpha value is -1.43. The molecule has 0 aromatic carbocycles. The van der Waals surface area contributed by atoms with Crippen molar-refractivity contribution in [2.24, 2.45) is 12.8 Å². The molecule has 0 radical (unpaired) electrons. The van der Waals surface area contributed by atoms with Crippen LogP contribution in [0.1, 0.15) is 44.9 Å². The Morgan fingerprint density at radius 3 is 2.95 bits per heavy atom. The minimum Gasteiger partial charge on any atom is -0.340 e. The van der Waals surface area contributed by atoms with Crippen LogP contribution < -0.4 is 5.73 Å². The quantitative estimate of drug-likeness (QED) is 0.870. The predicted molar refractivity (Wildman–Crippen MR) is 72.4 cm³/mol. The summed E-state index contributed by atoms with van der Waals surface area (Å²) in [6.45, 7) is 5.24. The molecule has 1 aliphatic rings. The third-order valence-electron chi connectivity index (χ3n) is 4.04. The molecule has 1 saturated heterocycles. The lowest BCUT2D eigenvalue weighted by Gasteiger charge is -2.36. The zero-order valence-electron chi connectivity index (χ0n) is 12.0. The van der Waals surface area contributed by atoms with Gasteiger partial charge in [-0.1, -0.05) is 6.92 Å². The third-order valence-corrected chi connectivity index (χ3v) is 4.04. The number of amides is 1. The number of carbonyl (C=O) groups is 1. The summed E-state index contributed by atoms with van der Waals surface area (Å²) in [5, 5.41) is 8.08. The Morgan fingerprint density at radius 2 is 2.37 bits per heavy atom. The normalized spacial score (nSPS) is 23.2. The maximum atomic E-state index is 12.4. The van der Waals surface area contributed by atoms with E-state index >= 15 is 0 Å². The van der Waals surface area contributed by atoms with Gasteiger partial charge in [-0.05, 0) is 26.2 Å². The molecule has 1 aromatic rings. The van der Waals surface area contributed by atoms with Crippen LogP contribution >= 0.6 is 0 Å². The van der Waals surface area contributed by atoms with E-state index in [-0.39, 0.29) is 11.8 Å². The van der Waals surface area contributed by atoms with Gasteiger partial charge in [0, 0.05) is 26.1 Å². The summed E-state index contributed by atoms with van der Waals surface area (Å²) in [5.41, 5.74) is 5.30. The van der Waals surface area contributed by atoms with E-state index in [0.717, 1.165) is 25.2 Å². The molecule has 1 aromatic heterocycles. The Bertz CT molecular complexity index is 454. The third kappa shape index (κ3) is 2.78. The van der Waals surface area contributed by atoms with E-state index in [1.165, 1.54) is 0 Å². The molecule has 0 saturated carbocycles. The summed E-state index contributed by atoms with van der Waals surface area (Å²) in [6.07, 6.45) is 4.39. The monoisotopic (exact) mass is 265 g/mol. The molecule has 6 heteroatoms. The maximum absolute atomic E-state index is 12.4. The van der Waals surface area contributed by atoms with Gasteiger partial charge in [0.1, 0.15) is 12.2 Å². The molecule has 1 aliphatic heterocycles. The number of nitrogens with zero attached hydrogens (tertiary/aromatic N) is 4. The van der Waals surface area contributed by atoms with Gasteiger partial charge in [-0.3, -0.25) is 4.79 Å². The highest BCUT2D eigenvalue weighted by Gasteiger charge is 2.34. The second-order valence-corrected chi connectivity index (χ2v) is 5.66. The number of aromatic nitrogens is 3. The van der Waals surface area contributed by atoms with Gasteiger partial charge < -0.3 is 15.2 Å². The Morgan fingerprint density at radius 1 is 1.63 bits per heavy atom. The first kappa shape index (κ1) is 14.0. The van der Waals surface area contributed by atoms with E-state index in [2.05, 4.69) is 10.2 Å². The van der Waals surface area contributed by atoms with E-state index in [9.17, 15) is 4.79 Å². The predicted octanol–water partition coefficient (Wildman–Crippen LogP) is 0.648. The Balaban J connectivity index is 2.10. The topological polar surface area (TPSA) is 77.0 Å². The minimum atomic E-state index is -0.762. The SMILES string of the molecule is CCC(C)(N)C(=O)N1CCCC(c2nncn2C)C1. The lowest BCUT2D eigenvalue weighted by Crippen LogP contribution is -2.55. The van der Waals surface area contributed by atoms with Gasteiger partial charge in [-0.25, -0.2) is 0 Å². The summed E-state index contributed by atoms with van der Waals surface area (Å²) in [5.74, 6) is 1.26. The molecule has 2 N–H and O–H groups in total. The van der Waals surface area contributed by atoms with Crippen LogP contribution in [0.25, 0.3) is 0 Å². The van der Waals surface area contributed by atoms with E-state index in [1.54, 1.807) is 13.3 Å². The molecule has 19 heavy (non-hydrogen) atoms. The second-order valence-electron chi connectivity index (χ2n) is 5.66. The summed E-state index contributed by atoms with van der Waals surface area (Å²) in [7, 11) is 1.94. The van der Waals surface area contributed by atoms with Crippen LogP contribution in [-0.2, 0) is 11.8 Å². The van der Waals surface area contributed by atoms with Gasteiger partial charge in [0.25, 0.3) is 0 Å². The molecule has 2 atom stereocenters. The molecular weight excluding hydrogens is 242 g/mol. The lowest BCUT2D eigenvalue weighted by molar-refractivity contribution is -0.137. The fourth-order valence-corrected chi connectivity index (χ4v) is 2.55. The van der Waals surface area contributed by atoms with Crippen molar-refractivity contribution in [3.05, 3.63) is 12.2 Å². The van der Waals surface area contributed by atoms with Crippen LogP contribution in [0.2, 0.25) is 0 Å². The van der Waals surface area contributed by atoms with Crippen LogP contribution in [0.4, 0.5) is 0 Å². The number of hydrogen-bond acceptors (Lipinski definition) is 4. The summed E-state index contributed by atoms with van der Waals surface area (Å²) < 4.78 is 1.93. The molecular formula is C13H23N5O. The molecule has 106 valence electrons. The first-order valence-corrected chi connectivity index (χ1v) is 6.88. The van der Waals surface area contributed by atoms with Crippen molar-refractivity contribution in [3.63, 3.8) is 0 Å². The van der Waals surface area contributed by atoms with Gasteiger partial charge in [-0.2, -0.15) is 0 Å². The lowest BCUT2D eigenvalue weighted by atomic mass is 9.93. The highest BCUT2D eigenvalue weighted by molar-refractivity contribution is 5.85. The number of rotatable bonds is 3. The first-order valence-electron chi connectivity index (χ1n) is 6.88. The van der Waals surface area contributed by atoms with E-state index in [0.29, 0.717) is 13.0 Å². The van der Waals surface area contributed by atoms with Crippen molar-refractivity contribution < 1.29 is 4.79 Å². The van der Waals surface area contributed by atoms with Crippen molar-refractivity contribution in [2.75, 3.05) is 13.1 Å². The van der Waals surface area contributed by atoms with Gasteiger partial charge in [-0.15, -0.1) is 10.2 Å². The van der Waals surface area contributed by atoms with E-state index in [1.807, 2.05) is 23.4 Å². The van der Waals surface area contributed by atoms with Crippen LogP contribution in [0.15, 0.2) is 6.33 Å². The smallest absolute Gasteiger partial charge is 0.242 e. The Kier molecular flexibility index (Phi) is 3.89. The fourth-order valence-electron chi connectivity index (χ4n) is 2.55. The maximum Gasteiger partial charge on any atom is 0.242 e. The van der Waals surface area contributed by atoms with Crippen LogP contribution in [0, 0.1) is 0 Å². The minimum absolute atomic E-state index is 0.0434. The van der Waals surface area contributed by atoms with Crippen LogP contribution in [-0.4, -0.2) is 44.2 Å². The van der Waals surface area contributed by atoms with Crippen molar-refractivity contribution >= 4 is 5.91 Å². The zero-order valence-corrected chi connectivity index (χ0v) is 12.0. The van der Waals surface area contributed by atoms with Crippen LogP contribution in [0.5, 0.6) is 0 Å². The molecule has 2 rings (SSSR count). The van der Waals surface area contributed by atoms with Crippen LogP contribution in [0.3, 0.4) is 0 Å². The van der Waals surface area contributed by atoms with Gasteiger partial charge in [0.2, 0.25) is 5.91 Å². The highest BCUT2D eigenvalue weighted by atomic mass is 16.2. The number of likely N-dealkylation sites (tertiary alicyclic amines) is 1. The molecule has 2 heterocycles. The van der Waals surface area contributed by atoms with Crippen molar-refractivity contribution in [1.29, 1.82) is 0 Å². The summed E-state index contributed by atoms with van der Waals surface area (Å²) >= 11 is 0. The van der Waals surface area contributed by atoms with Gasteiger partial charge in [0.15, 0.2) is 0 Å².